The molecular formula is C18H11F2N5O2. The molecule has 0 spiro atoms. The SMILES string of the molecule is O=C(Nn1cnc2c(cnn2-c2ccc(F)cc2)c1=O)c1ccccc1F. The van der Waals surface area contributed by atoms with E-state index in [2.05, 4.69) is 15.5 Å². The standard InChI is InChI=1S/C18H11F2N5O2/c19-11-5-7-12(8-6-11)25-16-14(9-22-25)18(27)24(10-21-16)23-17(26)13-3-1-2-4-15(13)20/h1-10H,(H,23,26). The third-order valence-electron chi connectivity index (χ3n) is 3.90. The maximum absolute atomic E-state index is 13.7. The Hall–Kier alpha value is -3.88. The lowest BCUT2D eigenvalue weighted by Crippen LogP contribution is -2.33. The van der Waals surface area contributed by atoms with Crippen LogP contribution in [0.15, 0.2) is 65.8 Å². The highest BCUT2D eigenvalue weighted by atomic mass is 19.1. The summed E-state index contributed by atoms with van der Waals surface area (Å²) in [5.41, 5.74) is 2.26. The lowest BCUT2D eigenvalue weighted by molar-refractivity contribution is 0.100. The second kappa shape index (κ2) is 6.45. The van der Waals surface area contributed by atoms with E-state index in [0.717, 1.165) is 17.1 Å². The van der Waals surface area contributed by atoms with E-state index in [1.54, 1.807) is 0 Å². The van der Waals surface area contributed by atoms with Crippen LogP contribution in [0.4, 0.5) is 8.78 Å². The Morgan fingerprint density at radius 2 is 1.78 bits per heavy atom. The molecule has 134 valence electrons. The Bertz CT molecular complexity index is 1210. The Morgan fingerprint density at radius 3 is 2.52 bits per heavy atom. The summed E-state index contributed by atoms with van der Waals surface area (Å²) in [4.78, 5) is 28.9. The molecular weight excluding hydrogens is 356 g/mol. The number of nitrogens with zero attached hydrogens (tertiary/aromatic N) is 4. The molecule has 2 aromatic carbocycles. The minimum absolute atomic E-state index is 0.135. The van der Waals surface area contributed by atoms with E-state index in [1.807, 2.05) is 0 Å². The van der Waals surface area contributed by atoms with Crippen molar-refractivity contribution in [3.05, 3.63) is 88.6 Å². The summed E-state index contributed by atoms with van der Waals surface area (Å²) in [5, 5.41) is 4.23. The van der Waals surface area contributed by atoms with Crippen LogP contribution in [-0.2, 0) is 0 Å². The highest BCUT2D eigenvalue weighted by Gasteiger charge is 2.15. The molecule has 27 heavy (non-hydrogen) atoms. The summed E-state index contributed by atoms with van der Waals surface area (Å²) in [5.74, 6) is -1.90. The fourth-order valence-electron chi connectivity index (χ4n) is 2.58. The molecule has 7 nitrogen and oxygen atoms in total. The number of rotatable bonds is 3. The molecule has 0 aliphatic rings. The van der Waals surface area contributed by atoms with Gasteiger partial charge in [-0.1, -0.05) is 12.1 Å². The van der Waals surface area contributed by atoms with Crippen LogP contribution in [0, 0.1) is 11.6 Å². The molecule has 0 bridgehead atoms. The zero-order chi connectivity index (χ0) is 19.0. The van der Waals surface area contributed by atoms with Crippen LogP contribution in [0.5, 0.6) is 0 Å². The molecule has 4 aromatic rings. The number of nitrogens with one attached hydrogen (secondary N) is 1. The first kappa shape index (κ1) is 16.6. The molecule has 0 aliphatic carbocycles. The molecule has 4 rings (SSSR count). The number of hydrogen-bond donors (Lipinski definition) is 1. The van der Waals surface area contributed by atoms with Crippen LogP contribution >= 0.6 is 0 Å². The predicted molar refractivity (Wildman–Crippen MR) is 93.2 cm³/mol. The first-order chi connectivity index (χ1) is 13.0. The van der Waals surface area contributed by atoms with Gasteiger partial charge in [-0.2, -0.15) is 5.10 Å². The Balaban J connectivity index is 1.71. The topological polar surface area (TPSA) is 81.8 Å². The average Bonchev–Trinajstić information content (AvgIpc) is 3.10. The van der Waals surface area contributed by atoms with Crippen molar-refractivity contribution in [1.82, 2.24) is 19.4 Å². The van der Waals surface area contributed by atoms with Gasteiger partial charge in [-0.25, -0.2) is 23.1 Å². The van der Waals surface area contributed by atoms with E-state index >= 15 is 0 Å². The molecule has 1 N–H and O–H groups in total. The predicted octanol–water partition coefficient (Wildman–Crippen LogP) is 2.24. The van der Waals surface area contributed by atoms with Crippen LogP contribution in [0.25, 0.3) is 16.7 Å². The highest BCUT2D eigenvalue weighted by molar-refractivity contribution is 6.00. The number of halogens is 2. The molecule has 0 atom stereocenters. The third-order valence-corrected chi connectivity index (χ3v) is 3.90. The van der Waals surface area contributed by atoms with Crippen molar-refractivity contribution in [3.8, 4) is 5.69 Å². The van der Waals surface area contributed by atoms with Crippen molar-refractivity contribution in [2.24, 2.45) is 0 Å². The summed E-state index contributed by atoms with van der Waals surface area (Å²) in [6, 6.07) is 10.9. The van der Waals surface area contributed by atoms with Crippen molar-refractivity contribution in [3.63, 3.8) is 0 Å². The number of hydrogen-bond acceptors (Lipinski definition) is 4. The summed E-state index contributed by atoms with van der Waals surface area (Å²) < 4.78 is 29.0. The van der Waals surface area contributed by atoms with E-state index in [9.17, 15) is 18.4 Å². The van der Waals surface area contributed by atoms with Gasteiger partial charge in [0, 0.05) is 0 Å². The van der Waals surface area contributed by atoms with Crippen LogP contribution in [-0.4, -0.2) is 25.3 Å². The van der Waals surface area contributed by atoms with Gasteiger partial charge >= 0.3 is 0 Å². The first-order valence-electron chi connectivity index (χ1n) is 7.82. The first-order valence-corrected chi connectivity index (χ1v) is 7.82. The van der Waals surface area contributed by atoms with Crippen molar-refractivity contribution in [2.75, 3.05) is 5.43 Å². The normalized spacial score (nSPS) is 10.9. The fraction of sp³-hybridized carbons (Fsp3) is 0. The minimum Gasteiger partial charge on any atom is -0.267 e. The number of carbonyl (C=O) groups is 1. The van der Waals surface area contributed by atoms with Crippen LogP contribution in [0.3, 0.4) is 0 Å². The third kappa shape index (κ3) is 2.95. The monoisotopic (exact) mass is 367 g/mol. The smallest absolute Gasteiger partial charge is 0.267 e. The fourth-order valence-corrected chi connectivity index (χ4v) is 2.58. The van der Waals surface area contributed by atoms with Gasteiger partial charge in [-0.15, -0.1) is 0 Å². The Kier molecular flexibility index (Phi) is 3.96. The summed E-state index contributed by atoms with van der Waals surface area (Å²) in [6.07, 6.45) is 2.39. The molecule has 1 amide bonds. The van der Waals surface area contributed by atoms with Gasteiger partial charge in [0.15, 0.2) is 5.65 Å². The largest absolute Gasteiger partial charge is 0.283 e. The second-order valence-corrected chi connectivity index (χ2v) is 5.61. The molecule has 0 fully saturated rings. The van der Waals surface area contributed by atoms with Crippen molar-refractivity contribution < 1.29 is 13.6 Å². The summed E-state index contributed by atoms with van der Waals surface area (Å²) >= 11 is 0. The Morgan fingerprint density at radius 1 is 1.04 bits per heavy atom. The molecule has 0 saturated carbocycles. The van der Waals surface area contributed by atoms with Crippen molar-refractivity contribution in [1.29, 1.82) is 0 Å². The van der Waals surface area contributed by atoms with Crippen LogP contribution in [0.1, 0.15) is 10.4 Å². The van der Waals surface area contributed by atoms with Gasteiger partial charge in [0.05, 0.1) is 17.4 Å². The summed E-state index contributed by atoms with van der Waals surface area (Å²) in [7, 11) is 0. The lowest BCUT2D eigenvalue weighted by Gasteiger charge is -2.08. The lowest BCUT2D eigenvalue weighted by atomic mass is 10.2. The van der Waals surface area contributed by atoms with Crippen LogP contribution in [0.2, 0.25) is 0 Å². The quantitative estimate of drug-likeness (QED) is 0.602. The van der Waals surface area contributed by atoms with E-state index in [-0.39, 0.29) is 16.6 Å². The number of aromatic nitrogens is 4. The maximum Gasteiger partial charge on any atom is 0.283 e. The van der Waals surface area contributed by atoms with E-state index in [4.69, 9.17) is 0 Å². The molecule has 2 heterocycles. The van der Waals surface area contributed by atoms with Crippen LogP contribution < -0.4 is 11.0 Å². The number of benzene rings is 2. The van der Waals surface area contributed by atoms with E-state index in [1.165, 1.54) is 53.3 Å². The minimum atomic E-state index is -0.790. The molecule has 0 radical (unpaired) electrons. The average molecular weight is 367 g/mol. The molecule has 0 unspecified atom stereocenters. The van der Waals surface area contributed by atoms with E-state index < -0.39 is 23.1 Å². The number of carbonyl (C=O) groups excluding carboxylic acids is 1. The Labute approximate surface area is 150 Å². The molecule has 2 aromatic heterocycles. The molecule has 9 heteroatoms. The summed E-state index contributed by atoms with van der Waals surface area (Å²) in [6.45, 7) is 0. The van der Waals surface area contributed by atoms with E-state index in [0.29, 0.717) is 5.69 Å². The van der Waals surface area contributed by atoms with Crippen molar-refractivity contribution >= 4 is 16.9 Å². The van der Waals surface area contributed by atoms with Gasteiger partial charge in [-0.05, 0) is 36.4 Å². The maximum atomic E-state index is 13.7. The highest BCUT2D eigenvalue weighted by Crippen LogP contribution is 2.14. The second-order valence-electron chi connectivity index (χ2n) is 5.61. The number of fused-ring (bicyclic) bond motifs is 1. The van der Waals surface area contributed by atoms with Gasteiger partial charge in [0.1, 0.15) is 23.3 Å². The van der Waals surface area contributed by atoms with Crippen molar-refractivity contribution in [2.45, 2.75) is 0 Å². The van der Waals surface area contributed by atoms with Gasteiger partial charge in [0.25, 0.3) is 11.5 Å². The zero-order valence-electron chi connectivity index (χ0n) is 13.6. The number of amides is 1. The molecule has 0 saturated heterocycles. The zero-order valence-corrected chi connectivity index (χ0v) is 13.6. The molecule has 0 aliphatic heterocycles. The van der Waals surface area contributed by atoms with Gasteiger partial charge in [0.2, 0.25) is 0 Å². The van der Waals surface area contributed by atoms with Gasteiger partial charge in [-0.3, -0.25) is 15.0 Å². The van der Waals surface area contributed by atoms with Gasteiger partial charge < -0.3 is 0 Å².